The lowest BCUT2D eigenvalue weighted by molar-refractivity contribution is -0.126. The Bertz CT molecular complexity index is 838. The molecule has 1 heterocycles. The third kappa shape index (κ3) is 12.1. The van der Waals surface area contributed by atoms with E-state index < -0.39 is 5.97 Å². The molecule has 0 atom stereocenters. The number of hydrogen-bond donors (Lipinski definition) is 3. The molecule has 1 aromatic rings. The minimum atomic E-state index is -0.516. The van der Waals surface area contributed by atoms with E-state index in [1.165, 1.54) is 19.2 Å². The fourth-order valence-corrected chi connectivity index (χ4v) is 4.08. The lowest BCUT2D eigenvalue weighted by atomic mass is 9.96. The van der Waals surface area contributed by atoms with Gasteiger partial charge in [0.15, 0.2) is 0 Å². The molecule has 0 saturated carbocycles. The van der Waals surface area contributed by atoms with E-state index in [1.807, 2.05) is 0 Å². The molecule has 0 aromatic heterocycles. The maximum Gasteiger partial charge on any atom is 0.342 e. The molecule has 5 N–H and O–H groups in total. The Morgan fingerprint density at radius 3 is 2.26 bits per heavy atom. The van der Waals surface area contributed by atoms with E-state index >= 15 is 0 Å². The third-order valence-corrected chi connectivity index (χ3v) is 6.47. The van der Waals surface area contributed by atoms with Crippen LogP contribution in [0.5, 0.6) is 5.75 Å². The van der Waals surface area contributed by atoms with Crippen LogP contribution in [0.15, 0.2) is 12.1 Å². The van der Waals surface area contributed by atoms with Crippen molar-refractivity contribution in [2.24, 2.45) is 11.7 Å². The monoisotopic (exact) mass is 558 g/mol. The van der Waals surface area contributed by atoms with Gasteiger partial charge in [-0.2, -0.15) is 0 Å². The van der Waals surface area contributed by atoms with Crippen molar-refractivity contribution < 1.29 is 33.3 Å². The molecule has 11 nitrogen and oxygen atoms in total. The molecule has 1 amide bonds. The summed E-state index contributed by atoms with van der Waals surface area (Å²) in [4.78, 5) is 27.1. The first-order chi connectivity index (χ1) is 18.5. The van der Waals surface area contributed by atoms with Gasteiger partial charge < -0.3 is 40.5 Å². The lowest BCUT2D eigenvalue weighted by Crippen LogP contribution is -2.42. The van der Waals surface area contributed by atoms with Crippen LogP contribution >= 0.6 is 11.6 Å². The number of methoxy groups -OCH3 is 1. The Morgan fingerprint density at radius 2 is 1.63 bits per heavy atom. The number of esters is 1. The first-order valence-electron chi connectivity index (χ1n) is 13.2. The van der Waals surface area contributed by atoms with E-state index in [0.29, 0.717) is 70.7 Å². The van der Waals surface area contributed by atoms with Gasteiger partial charge in [0.1, 0.15) is 17.9 Å². The minimum absolute atomic E-state index is 0.00336. The molecule has 0 unspecified atom stereocenters. The number of nitrogens with zero attached hydrogens (tertiary/aromatic N) is 1. The van der Waals surface area contributed by atoms with Gasteiger partial charge in [-0.1, -0.05) is 11.6 Å². The van der Waals surface area contributed by atoms with E-state index in [0.717, 1.165) is 38.8 Å². The number of piperidine rings is 1. The van der Waals surface area contributed by atoms with Crippen molar-refractivity contribution in [1.29, 1.82) is 0 Å². The Morgan fingerprint density at radius 1 is 1.00 bits per heavy atom. The van der Waals surface area contributed by atoms with Crippen LogP contribution in [0.3, 0.4) is 0 Å². The lowest BCUT2D eigenvalue weighted by Gasteiger charge is -2.31. The Hall–Kier alpha value is -2.15. The topological polar surface area (TPSA) is 148 Å². The maximum atomic E-state index is 12.5. The summed E-state index contributed by atoms with van der Waals surface area (Å²) < 4.78 is 26.9. The van der Waals surface area contributed by atoms with Crippen molar-refractivity contribution in [3.63, 3.8) is 0 Å². The first-order valence-corrected chi connectivity index (χ1v) is 13.6. The number of carbonyl (C=O) groups excluding carboxylic acids is 2. The molecule has 0 spiro atoms. The second-order valence-corrected chi connectivity index (χ2v) is 9.36. The van der Waals surface area contributed by atoms with Gasteiger partial charge >= 0.3 is 5.97 Å². The predicted molar refractivity (Wildman–Crippen MR) is 146 cm³/mol. The molecule has 2 rings (SSSR count). The van der Waals surface area contributed by atoms with E-state index in [4.69, 9.17) is 46.8 Å². The highest BCUT2D eigenvalue weighted by molar-refractivity contribution is 6.33. The van der Waals surface area contributed by atoms with Crippen molar-refractivity contribution in [3.05, 3.63) is 22.7 Å². The van der Waals surface area contributed by atoms with Crippen LogP contribution in [0.4, 0.5) is 5.69 Å². The molecule has 0 aliphatic carbocycles. The molecule has 0 bridgehead atoms. The van der Waals surface area contributed by atoms with Crippen LogP contribution in [0.1, 0.15) is 36.0 Å². The largest absolute Gasteiger partial charge is 0.496 e. The van der Waals surface area contributed by atoms with Gasteiger partial charge in [0, 0.05) is 38.3 Å². The summed E-state index contributed by atoms with van der Waals surface area (Å²) in [6.07, 6.45) is 3.15. The van der Waals surface area contributed by atoms with Gasteiger partial charge in [-0.3, -0.25) is 9.69 Å². The van der Waals surface area contributed by atoms with Gasteiger partial charge in [-0.05, 0) is 51.4 Å². The molecule has 38 heavy (non-hydrogen) atoms. The van der Waals surface area contributed by atoms with Crippen molar-refractivity contribution in [1.82, 2.24) is 10.2 Å². The molecule has 12 heteroatoms. The number of ether oxygens (including phenoxy) is 5. The second kappa shape index (κ2) is 19.0. The molecule has 1 fully saturated rings. The van der Waals surface area contributed by atoms with Gasteiger partial charge in [0.05, 0.1) is 44.2 Å². The predicted octanol–water partition coefficient (Wildman–Crippen LogP) is 1.70. The molecule has 1 aliphatic rings. The van der Waals surface area contributed by atoms with Crippen molar-refractivity contribution >= 4 is 29.2 Å². The number of nitrogen functional groups attached to an aromatic ring is 1. The van der Waals surface area contributed by atoms with Gasteiger partial charge in [-0.15, -0.1) is 0 Å². The standard InChI is InChI=1S/C26H43ClN4O7/c1-34-24-19-23(29)22(27)18-21(24)26(33)38-13-10-31-8-4-20(5-9-31)25(32)30-7-3-12-36-15-17-37-16-14-35-11-2-6-28/h18-20H,2-17,28-29H2,1H3,(H,30,32). The van der Waals surface area contributed by atoms with Crippen LogP contribution in [0.2, 0.25) is 5.02 Å². The summed E-state index contributed by atoms with van der Waals surface area (Å²) in [7, 11) is 1.45. The summed E-state index contributed by atoms with van der Waals surface area (Å²) >= 11 is 6.03. The maximum absolute atomic E-state index is 12.5. The highest BCUT2D eigenvalue weighted by atomic mass is 35.5. The average molecular weight is 559 g/mol. The zero-order valence-electron chi connectivity index (χ0n) is 22.4. The smallest absolute Gasteiger partial charge is 0.342 e. The molecule has 0 radical (unpaired) electrons. The molecule has 1 aromatic carbocycles. The Balaban J connectivity index is 1.49. The van der Waals surface area contributed by atoms with E-state index in [2.05, 4.69) is 10.2 Å². The van der Waals surface area contributed by atoms with Crippen molar-refractivity contribution in [3.8, 4) is 5.75 Å². The summed E-state index contributed by atoms with van der Waals surface area (Å²) in [5.41, 5.74) is 11.7. The van der Waals surface area contributed by atoms with Gasteiger partial charge in [0.25, 0.3) is 0 Å². The highest BCUT2D eigenvalue weighted by Crippen LogP contribution is 2.29. The van der Waals surface area contributed by atoms with E-state index in [-0.39, 0.29) is 29.0 Å². The number of anilines is 1. The van der Waals surface area contributed by atoms with Gasteiger partial charge in [0.2, 0.25) is 5.91 Å². The first kappa shape index (κ1) is 32.1. The van der Waals surface area contributed by atoms with Gasteiger partial charge in [-0.25, -0.2) is 4.79 Å². The van der Waals surface area contributed by atoms with Crippen molar-refractivity contribution in [2.45, 2.75) is 25.7 Å². The van der Waals surface area contributed by atoms with Crippen LogP contribution in [-0.4, -0.2) is 103 Å². The van der Waals surface area contributed by atoms with E-state index in [1.54, 1.807) is 0 Å². The van der Waals surface area contributed by atoms with Crippen LogP contribution in [0.25, 0.3) is 0 Å². The van der Waals surface area contributed by atoms with Crippen molar-refractivity contribution in [2.75, 3.05) is 91.8 Å². The zero-order chi connectivity index (χ0) is 27.6. The Labute approximate surface area is 230 Å². The fraction of sp³-hybridized carbons (Fsp3) is 0.692. The number of rotatable bonds is 19. The number of amides is 1. The number of nitrogens with one attached hydrogen (secondary N) is 1. The number of hydrogen-bond acceptors (Lipinski definition) is 10. The SMILES string of the molecule is COc1cc(N)c(Cl)cc1C(=O)OCCN1CCC(C(=O)NCCCOCCOCCOCCCN)CC1. The zero-order valence-corrected chi connectivity index (χ0v) is 23.1. The average Bonchev–Trinajstić information content (AvgIpc) is 2.92. The number of likely N-dealkylation sites (tertiary alicyclic amines) is 1. The molecular formula is C26H43ClN4O7. The summed E-state index contributed by atoms with van der Waals surface area (Å²) in [5, 5.41) is 3.27. The van der Waals surface area contributed by atoms with E-state index in [9.17, 15) is 9.59 Å². The molecule has 216 valence electrons. The Kier molecular flexibility index (Phi) is 16.0. The summed E-state index contributed by atoms with van der Waals surface area (Å²) in [5.74, 6) is -0.115. The quantitative estimate of drug-likeness (QED) is 0.130. The number of nitrogens with two attached hydrogens (primary N) is 2. The van der Waals surface area contributed by atoms with Crippen LogP contribution in [-0.2, 0) is 23.7 Å². The fourth-order valence-electron chi connectivity index (χ4n) is 3.92. The third-order valence-electron chi connectivity index (χ3n) is 6.14. The molecule has 1 saturated heterocycles. The molecule has 1 aliphatic heterocycles. The van der Waals surface area contributed by atoms with Crippen LogP contribution in [0, 0.1) is 5.92 Å². The summed E-state index contributed by atoms with van der Waals surface area (Å²) in [6, 6.07) is 2.95. The van der Waals surface area contributed by atoms with Crippen LogP contribution < -0.4 is 21.5 Å². The minimum Gasteiger partial charge on any atom is -0.496 e. The number of carbonyl (C=O) groups is 2. The number of benzene rings is 1. The highest BCUT2D eigenvalue weighted by Gasteiger charge is 2.25. The number of halogens is 1. The normalized spacial score (nSPS) is 14.4. The molecular weight excluding hydrogens is 516 g/mol. The summed E-state index contributed by atoms with van der Waals surface area (Å²) in [6.45, 7) is 6.97. The second-order valence-electron chi connectivity index (χ2n) is 8.95.